The maximum atomic E-state index is 12.8. The van der Waals surface area contributed by atoms with Gasteiger partial charge in [0.15, 0.2) is 0 Å². The van der Waals surface area contributed by atoms with Crippen LogP contribution in [-0.2, 0) is 18.3 Å². The molecule has 2 saturated heterocycles. The highest BCUT2D eigenvalue weighted by atomic mass is 16.2. The number of amides is 1. The van der Waals surface area contributed by atoms with Gasteiger partial charge in [-0.15, -0.1) is 0 Å². The van der Waals surface area contributed by atoms with Gasteiger partial charge in [0.1, 0.15) is 5.82 Å². The summed E-state index contributed by atoms with van der Waals surface area (Å²) in [4.78, 5) is 26.2. The first-order valence-electron chi connectivity index (χ1n) is 11.0. The largest absolute Gasteiger partial charge is 0.341 e. The number of nitrogens with zero attached hydrogens (tertiary/aromatic N) is 5. The summed E-state index contributed by atoms with van der Waals surface area (Å²) in [6.07, 6.45) is 10.9. The van der Waals surface area contributed by atoms with Crippen LogP contribution in [0.2, 0.25) is 0 Å². The fourth-order valence-corrected chi connectivity index (χ4v) is 4.64. The molecule has 2 aromatic heterocycles. The number of rotatable bonds is 5. The smallest absolute Gasteiger partial charge is 0.236 e. The molecule has 0 unspecified atom stereocenters. The van der Waals surface area contributed by atoms with Crippen LogP contribution in [0.5, 0.6) is 0 Å². The van der Waals surface area contributed by atoms with E-state index in [1.807, 2.05) is 26.4 Å². The fourth-order valence-electron chi connectivity index (χ4n) is 4.64. The lowest BCUT2D eigenvalue weighted by Gasteiger charge is -2.35. The Morgan fingerprint density at radius 3 is 2.59 bits per heavy atom. The Morgan fingerprint density at radius 1 is 1.07 bits per heavy atom. The van der Waals surface area contributed by atoms with Crippen molar-refractivity contribution in [2.45, 2.75) is 45.4 Å². The number of likely N-dealkylation sites (tertiary alicyclic amines) is 2. The summed E-state index contributed by atoms with van der Waals surface area (Å²) >= 11 is 0. The SMILES string of the molecule is Cc1ncc(-c2ccc(C[C@H]3CCCN(C(=O)CN4CCCCC4)C3)cn2)n1C. The van der Waals surface area contributed by atoms with Crippen LogP contribution in [0.15, 0.2) is 24.5 Å². The Kier molecular flexibility index (Phi) is 6.28. The summed E-state index contributed by atoms with van der Waals surface area (Å²) in [6, 6.07) is 4.27. The molecule has 2 fully saturated rings. The molecule has 4 rings (SSSR count). The third-order valence-corrected chi connectivity index (χ3v) is 6.51. The monoisotopic (exact) mass is 395 g/mol. The lowest BCUT2D eigenvalue weighted by Crippen LogP contribution is -2.46. The minimum atomic E-state index is 0.316. The van der Waals surface area contributed by atoms with Gasteiger partial charge in [-0.25, -0.2) is 4.98 Å². The highest BCUT2D eigenvalue weighted by molar-refractivity contribution is 5.78. The van der Waals surface area contributed by atoms with Gasteiger partial charge in [-0.05, 0) is 69.7 Å². The molecule has 0 spiro atoms. The van der Waals surface area contributed by atoms with Crippen molar-refractivity contribution in [1.29, 1.82) is 0 Å². The second kappa shape index (κ2) is 9.08. The van der Waals surface area contributed by atoms with Crippen molar-refractivity contribution < 1.29 is 4.79 Å². The summed E-state index contributed by atoms with van der Waals surface area (Å²) in [5, 5.41) is 0. The topological polar surface area (TPSA) is 54.3 Å². The Hall–Kier alpha value is -2.21. The molecule has 29 heavy (non-hydrogen) atoms. The van der Waals surface area contributed by atoms with Gasteiger partial charge in [0, 0.05) is 26.3 Å². The first kappa shape index (κ1) is 20.1. The standard InChI is InChI=1S/C23H33N5O/c1-18-24-15-22(26(18)2)21-9-8-19(14-25-21)13-20-7-6-12-28(16-20)23(29)17-27-10-4-3-5-11-27/h8-9,14-15,20H,3-7,10-13,16-17H2,1-2H3/t20-/m1/s1. The normalized spacial score (nSPS) is 20.8. The van der Waals surface area contributed by atoms with Crippen molar-refractivity contribution in [3.63, 3.8) is 0 Å². The number of aryl methyl sites for hydroxylation is 1. The predicted octanol–water partition coefficient (Wildman–Crippen LogP) is 3.06. The molecule has 0 radical (unpaired) electrons. The molecule has 1 amide bonds. The van der Waals surface area contributed by atoms with Crippen molar-refractivity contribution in [1.82, 2.24) is 24.3 Å². The summed E-state index contributed by atoms with van der Waals surface area (Å²) in [6.45, 7) is 6.57. The van der Waals surface area contributed by atoms with Gasteiger partial charge in [-0.2, -0.15) is 0 Å². The zero-order chi connectivity index (χ0) is 20.2. The number of imidazole rings is 1. The third kappa shape index (κ3) is 4.86. The molecule has 156 valence electrons. The highest BCUT2D eigenvalue weighted by Gasteiger charge is 2.25. The quantitative estimate of drug-likeness (QED) is 0.781. The number of carbonyl (C=O) groups is 1. The van der Waals surface area contributed by atoms with Crippen molar-refractivity contribution in [2.24, 2.45) is 13.0 Å². The van der Waals surface area contributed by atoms with Crippen LogP contribution in [0, 0.1) is 12.8 Å². The average molecular weight is 396 g/mol. The van der Waals surface area contributed by atoms with Crippen LogP contribution in [0.1, 0.15) is 43.5 Å². The second-order valence-electron chi connectivity index (χ2n) is 8.69. The van der Waals surface area contributed by atoms with Crippen LogP contribution in [0.25, 0.3) is 11.4 Å². The molecule has 0 bridgehead atoms. The van der Waals surface area contributed by atoms with E-state index in [0.29, 0.717) is 18.4 Å². The fraction of sp³-hybridized carbons (Fsp3) is 0.609. The molecule has 0 saturated carbocycles. The van der Waals surface area contributed by atoms with E-state index in [9.17, 15) is 4.79 Å². The summed E-state index contributed by atoms with van der Waals surface area (Å²) in [7, 11) is 2.02. The highest BCUT2D eigenvalue weighted by Crippen LogP contribution is 2.23. The van der Waals surface area contributed by atoms with E-state index in [1.54, 1.807) is 0 Å². The Labute approximate surface area is 173 Å². The summed E-state index contributed by atoms with van der Waals surface area (Å²) in [5.74, 6) is 1.83. The van der Waals surface area contributed by atoms with Gasteiger partial charge < -0.3 is 9.47 Å². The first-order valence-corrected chi connectivity index (χ1v) is 11.0. The third-order valence-electron chi connectivity index (χ3n) is 6.51. The van der Waals surface area contributed by atoms with Crippen LogP contribution < -0.4 is 0 Å². The van der Waals surface area contributed by atoms with E-state index in [0.717, 1.165) is 56.2 Å². The van der Waals surface area contributed by atoms with Crippen molar-refractivity contribution in [3.05, 3.63) is 35.9 Å². The summed E-state index contributed by atoms with van der Waals surface area (Å²) in [5.41, 5.74) is 3.25. The van der Waals surface area contributed by atoms with E-state index in [2.05, 4.69) is 36.5 Å². The number of pyridine rings is 1. The van der Waals surface area contributed by atoms with E-state index >= 15 is 0 Å². The van der Waals surface area contributed by atoms with Crippen LogP contribution >= 0.6 is 0 Å². The number of hydrogen-bond acceptors (Lipinski definition) is 4. The lowest BCUT2D eigenvalue weighted by molar-refractivity contribution is -0.134. The van der Waals surface area contributed by atoms with Crippen molar-refractivity contribution >= 4 is 5.91 Å². The number of carbonyl (C=O) groups excluding carboxylic acids is 1. The molecule has 2 aromatic rings. The number of piperidine rings is 2. The molecule has 0 aromatic carbocycles. The molecule has 4 heterocycles. The molecule has 1 atom stereocenters. The van der Waals surface area contributed by atoms with Crippen molar-refractivity contribution in [3.8, 4) is 11.4 Å². The maximum Gasteiger partial charge on any atom is 0.236 e. The number of hydrogen-bond donors (Lipinski definition) is 0. The van der Waals surface area contributed by atoms with Gasteiger partial charge in [0.05, 0.1) is 24.1 Å². The molecule has 2 aliphatic rings. The zero-order valence-corrected chi connectivity index (χ0v) is 17.8. The minimum absolute atomic E-state index is 0.316. The Morgan fingerprint density at radius 2 is 1.90 bits per heavy atom. The zero-order valence-electron chi connectivity index (χ0n) is 17.8. The van der Waals surface area contributed by atoms with Crippen LogP contribution in [0.4, 0.5) is 0 Å². The minimum Gasteiger partial charge on any atom is -0.341 e. The van der Waals surface area contributed by atoms with E-state index in [1.165, 1.54) is 31.2 Å². The van der Waals surface area contributed by atoms with E-state index in [4.69, 9.17) is 0 Å². The predicted molar refractivity (Wildman–Crippen MR) is 114 cm³/mol. The summed E-state index contributed by atoms with van der Waals surface area (Å²) < 4.78 is 2.06. The Balaban J connectivity index is 1.33. The Bertz CT molecular complexity index is 822. The molecule has 2 aliphatic heterocycles. The van der Waals surface area contributed by atoms with Gasteiger partial charge >= 0.3 is 0 Å². The van der Waals surface area contributed by atoms with Crippen LogP contribution in [0.3, 0.4) is 0 Å². The first-order chi connectivity index (χ1) is 14.1. The maximum absolute atomic E-state index is 12.8. The molecule has 0 aliphatic carbocycles. The van der Waals surface area contributed by atoms with E-state index < -0.39 is 0 Å². The van der Waals surface area contributed by atoms with Gasteiger partial charge in [-0.3, -0.25) is 14.7 Å². The molecule has 6 nitrogen and oxygen atoms in total. The van der Waals surface area contributed by atoms with Gasteiger partial charge in [0.25, 0.3) is 0 Å². The second-order valence-corrected chi connectivity index (χ2v) is 8.69. The van der Waals surface area contributed by atoms with Crippen molar-refractivity contribution in [2.75, 3.05) is 32.7 Å². The lowest BCUT2D eigenvalue weighted by atomic mass is 9.91. The average Bonchev–Trinajstić information content (AvgIpc) is 3.08. The van der Waals surface area contributed by atoms with Crippen LogP contribution in [-0.4, -0.2) is 63.0 Å². The molecular weight excluding hydrogens is 362 g/mol. The molecular formula is C23H33N5O. The number of aromatic nitrogens is 3. The van der Waals surface area contributed by atoms with Gasteiger partial charge in [0.2, 0.25) is 5.91 Å². The van der Waals surface area contributed by atoms with E-state index in [-0.39, 0.29) is 0 Å². The molecule has 0 N–H and O–H groups in total. The molecule has 6 heteroatoms. The van der Waals surface area contributed by atoms with Gasteiger partial charge in [-0.1, -0.05) is 12.5 Å².